The van der Waals surface area contributed by atoms with E-state index < -0.39 is 0 Å². The lowest BCUT2D eigenvalue weighted by Crippen LogP contribution is -2.34. The summed E-state index contributed by atoms with van der Waals surface area (Å²) in [6.45, 7) is 7.89. The van der Waals surface area contributed by atoms with Crippen molar-refractivity contribution in [3.8, 4) is 0 Å². The number of rotatable bonds is 8. The third-order valence-corrected chi connectivity index (χ3v) is 7.04. The number of benzene rings is 2. The first-order chi connectivity index (χ1) is 13.8. The summed E-state index contributed by atoms with van der Waals surface area (Å²) in [6, 6.07) is 12.6. The lowest BCUT2D eigenvalue weighted by Gasteiger charge is -2.21. The molecule has 0 aliphatic heterocycles. The van der Waals surface area contributed by atoms with Crippen LogP contribution in [0.2, 0.25) is 0 Å². The standard InChI is InChI=1S/C23H29N3OS2/c1-16-7-11-19(12-8-16)28-15-20(27)26(14-6-13-25(4)5)23-24-21-17(2)9-10-18(3)22(21)29-23/h7-12H,6,13-15H2,1-5H3. The number of hydrogen-bond acceptors (Lipinski definition) is 5. The second kappa shape index (κ2) is 9.74. The van der Waals surface area contributed by atoms with E-state index >= 15 is 0 Å². The van der Waals surface area contributed by atoms with Gasteiger partial charge in [0.25, 0.3) is 0 Å². The van der Waals surface area contributed by atoms with Gasteiger partial charge in [-0.15, -0.1) is 11.8 Å². The molecule has 3 aromatic rings. The molecule has 0 unspecified atom stereocenters. The lowest BCUT2D eigenvalue weighted by molar-refractivity contribution is -0.116. The van der Waals surface area contributed by atoms with Crippen LogP contribution in [0, 0.1) is 20.8 Å². The topological polar surface area (TPSA) is 36.4 Å². The molecule has 0 saturated heterocycles. The molecule has 3 rings (SSSR count). The summed E-state index contributed by atoms with van der Waals surface area (Å²) in [5.41, 5.74) is 4.61. The van der Waals surface area contributed by atoms with Gasteiger partial charge in [-0.2, -0.15) is 0 Å². The van der Waals surface area contributed by atoms with Gasteiger partial charge in [-0.05, 0) is 71.1 Å². The number of hydrogen-bond donors (Lipinski definition) is 0. The number of carbonyl (C=O) groups excluding carboxylic acids is 1. The molecule has 6 heteroatoms. The molecule has 1 amide bonds. The SMILES string of the molecule is Cc1ccc(SCC(=O)N(CCCN(C)C)c2nc3c(C)ccc(C)c3s2)cc1. The molecule has 0 radical (unpaired) electrons. The van der Waals surface area contributed by atoms with Crippen LogP contribution >= 0.6 is 23.1 Å². The van der Waals surface area contributed by atoms with E-state index in [9.17, 15) is 4.79 Å². The smallest absolute Gasteiger partial charge is 0.239 e. The fraction of sp³-hybridized carbons (Fsp3) is 0.391. The van der Waals surface area contributed by atoms with Crippen molar-refractivity contribution >= 4 is 44.4 Å². The van der Waals surface area contributed by atoms with E-state index in [0.717, 1.165) is 34.1 Å². The largest absolute Gasteiger partial charge is 0.309 e. The van der Waals surface area contributed by atoms with Gasteiger partial charge in [-0.3, -0.25) is 9.69 Å². The van der Waals surface area contributed by atoms with Gasteiger partial charge in [0.15, 0.2) is 5.13 Å². The van der Waals surface area contributed by atoms with Gasteiger partial charge < -0.3 is 4.90 Å². The van der Waals surface area contributed by atoms with Crippen molar-refractivity contribution in [2.75, 3.05) is 37.8 Å². The minimum Gasteiger partial charge on any atom is -0.309 e. The molecule has 0 fully saturated rings. The molecule has 0 N–H and O–H groups in total. The number of thiazole rings is 1. The van der Waals surface area contributed by atoms with Crippen LogP contribution in [0.15, 0.2) is 41.3 Å². The highest BCUT2D eigenvalue weighted by Gasteiger charge is 2.21. The van der Waals surface area contributed by atoms with Crippen molar-refractivity contribution in [1.29, 1.82) is 0 Å². The molecule has 1 aromatic heterocycles. The van der Waals surface area contributed by atoms with Gasteiger partial charge in [0.05, 0.1) is 16.0 Å². The molecule has 29 heavy (non-hydrogen) atoms. The average molecular weight is 428 g/mol. The molecule has 0 aliphatic carbocycles. The van der Waals surface area contributed by atoms with Crippen LogP contribution in [-0.4, -0.2) is 48.7 Å². The van der Waals surface area contributed by atoms with Crippen molar-refractivity contribution in [2.24, 2.45) is 0 Å². The van der Waals surface area contributed by atoms with E-state index in [1.54, 1.807) is 23.1 Å². The van der Waals surface area contributed by atoms with Gasteiger partial charge in [0, 0.05) is 11.4 Å². The molecule has 0 bridgehead atoms. The van der Waals surface area contributed by atoms with E-state index in [1.165, 1.54) is 15.8 Å². The molecule has 2 aromatic carbocycles. The normalized spacial score (nSPS) is 11.4. The Morgan fingerprint density at radius 1 is 1.00 bits per heavy atom. The predicted octanol–water partition coefficient (Wildman–Crippen LogP) is 5.30. The molecule has 154 valence electrons. The van der Waals surface area contributed by atoms with E-state index in [1.807, 2.05) is 4.90 Å². The van der Waals surface area contributed by atoms with E-state index in [2.05, 4.69) is 76.2 Å². The Balaban J connectivity index is 1.81. The molecular formula is C23H29N3OS2. The number of nitrogens with zero attached hydrogens (tertiary/aromatic N) is 3. The first-order valence-corrected chi connectivity index (χ1v) is 11.7. The predicted molar refractivity (Wildman–Crippen MR) is 127 cm³/mol. The summed E-state index contributed by atoms with van der Waals surface area (Å²) >= 11 is 3.22. The Hall–Kier alpha value is -1.89. The number of aromatic nitrogens is 1. The number of aryl methyl sites for hydroxylation is 3. The highest BCUT2D eigenvalue weighted by Crippen LogP contribution is 2.33. The van der Waals surface area contributed by atoms with Gasteiger partial charge in [-0.25, -0.2) is 4.98 Å². The van der Waals surface area contributed by atoms with Crippen molar-refractivity contribution in [1.82, 2.24) is 9.88 Å². The summed E-state index contributed by atoms with van der Waals surface area (Å²) < 4.78 is 1.18. The first kappa shape index (κ1) is 21.8. The van der Waals surface area contributed by atoms with Gasteiger partial charge >= 0.3 is 0 Å². The third-order valence-electron chi connectivity index (χ3n) is 4.83. The number of anilines is 1. The Kier molecular flexibility index (Phi) is 7.33. The fourth-order valence-corrected chi connectivity index (χ4v) is 5.02. The lowest BCUT2D eigenvalue weighted by atomic mass is 10.1. The van der Waals surface area contributed by atoms with E-state index in [0.29, 0.717) is 12.3 Å². The molecular weight excluding hydrogens is 398 g/mol. The summed E-state index contributed by atoms with van der Waals surface area (Å²) in [6.07, 6.45) is 0.918. The van der Waals surface area contributed by atoms with Crippen LogP contribution in [0.5, 0.6) is 0 Å². The number of fused-ring (bicyclic) bond motifs is 1. The zero-order valence-corrected chi connectivity index (χ0v) is 19.5. The van der Waals surface area contributed by atoms with Crippen LogP contribution < -0.4 is 4.90 Å². The summed E-state index contributed by atoms with van der Waals surface area (Å²) in [5.74, 6) is 0.530. The van der Waals surface area contributed by atoms with Crippen molar-refractivity contribution in [3.05, 3.63) is 53.1 Å². The van der Waals surface area contributed by atoms with Gasteiger partial charge in [0.2, 0.25) is 5.91 Å². The first-order valence-electron chi connectivity index (χ1n) is 9.86. The zero-order chi connectivity index (χ0) is 21.0. The molecule has 0 saturated carbocycles. The quantitative estimate of drug-likeness (QED) is 0.457. The number of amides is 1. The summed E-state index contributed by atoms with van der Waals surface area (Å²) in [7, 11) is 4.12. The van der Waals surface area contributed by atoms with Crippen LogP contribution in [0.4, 0.5) is 5.13 Å². The molecule has 4 nitrogen and oxygen atoms in total. The van der Waals surface area contributed by atoms with Crippen LogP contribution in [0.3, 0.4) is 0 Å². The Bertz CT molecular complexity index is 941. The van der Waals surface area contributed by atoms with Crippen LogP contribution in [0.1, 0.15) is 23.1 Å². The molecule has 0 spiro atoms. The second-order valence-electron chi connectivity index (χ2n) is 7.68. The minimum atomic E-state index is 0.115. The van der Waals surface area contributed by atoms with Crippen LogP contribution in [-0.2, 0) is 4.79 Å². The second-order valence-corrected chi connectivity index (χ2v) is 9.70. The third kappa shape index (κ3) is 5.59. The zero-order valence-electron chi connectivity index (χ0n) is 17.9. The maximum absolute atomic E-state index is 13.2. The van der Waals surface area contributed by atoms with Crippen molar-refractivity contribution in [2.45, 2.75) is 32.1 Å². The van der Waals surface area contributed by atoms with E-state index in [4.69, 9.17) is 4.98 Å². The Morgan fingerprint density at radius 3 is 2.34 bits per heavy atom. The fourth-order valence-electron chi connectivity index (χ4n) is 3.09. The minimum absolute atomic E-state index is 0.115. The Labute approximate surface area is 181 Å². The summed E-state index contributed by atoms with van der Waals surface area (Å²) in [4.78, 5) is 23.2. The van der Waals surface area contributed by atoms with Crippen LogP contribution in [0.25, 0.3) is 10.2 Å². The highest BCUT2D eigenvalue weighted by molar-refractivity contribution is 8.00. The molecule has 1 heterocycles. The molecule has 0 atom stereocenters. The van der Waals surface area contributed by atoms with Crippen molar-refractivity contribution < 1.29 is 4.79 Å². The van der Waals surface area contributed by atoms with Crippen molar-refractivity contribution in [3.63, 3.8) is 0 Å². The van der Waals surface area contributed by atoms with Gasteiger partial charge in [-0.1, -0.05) is 41.2 Å². The summed E-state index contributed by atoms with van der Waals surface area (Å²) in [5, 5.41) is 0.811. The Morgan fingerprint density at radius 2 is 1.69 bits per heavy atom. The maximum atomic E-state index is 13.2. The highest BCUT2D eigenvalue weighted by atomic mass is 32.2. The number of carbonyl (C=O) groups is 1. The number of thioether (sulfide) groups is 1. The maximum Gasteiger partial charge on any atom is 0.239 e. The average Bonchev–Trinajstić information content (AvgIpc) is 3.14. The van der Waals surface area contributed by atoms with E-state index in [-0.39, 0.29) is 5.91 Å². The monoisotopic (exact) mass is 427 g/mol. The molecule has 0 aliphatic rings. The van der Waals surface area contributed by atoms with Gasteiger partial charge in [0.1, 0.15) is 0 Å².